The fourth-order valence-corrected chi connectivity index (χ4v) is 2.62. The number of ether oxygens (including phenoxy) is 2. The molecule has 1 unspecified atom stereocenters. The lowest BCUT2D eigenvalue weighted by atomic mass is 9.91. The van der Waals surface area contributed by atoms with Gasteiger partial charge in [0, 0.05) is 0 Å². The zero-order valence-corrected chi connectivity index (χ0v) is 14.7. The summed E-state index contributed by atoms with van der Waals surface area (Å²) in [5.74, 6) is 1.68. The van der Waals surface area contributed by atoms with Gasteiger partial charge in [-0.2, -0.15) is 0 Å². The van der Waals surface area contributed by atoms with E-state index < -0.39 is 0 Å². The van der Waals surface area contributed by atoms with E-state index in [4.69, 9.17) is 9.47 Å². The third-order valence-corrected chi connectivity index (χ3v) is 3.97. The van der Waals surface area contributed by atoms with E-state index in [-0.39, 0.29) is 18.5 Å². The van der Waals surface area contributed by atoms with Gasteiger partial charge >= 0.3 is 5.97 Å². The van der Waals surface area contributed by atoms with Crippen molar-refractivity contribution in [3.05, 3.63) is 60.2 Å². The van der Waals surface area contributed by atoms with Crippen molar-refractivity contribution in [2.45, 2.75) is 40.2 Å². The Morgan fingerprint density at radius 2 is 1.71 bits per heavy atom. The summed E-state index contributed by atoms with van der Waals surface area (Å²) in [6.07, 6.45) is 1.85. The molecule has 2 aromatic rings. The molecule has 3 nitrogen and oxygen atoms in total. The molecule has 2 rings (SSSR count). The molecule has 24 heavy (non-hydrogen) atoms. The molecule has 0 aliphatic carbocycles. The fourth-order valence-electron chi connectivity index (χ4n) is 2.62. The zero-order valence-electron chi connectivity index (χ0n) is 14.7. The average molecular weight is 326 g/mol. The molecular formula is C21H26O3. The van der Waals surface area contributed by atoms with Crippen LogP contribution in [-0.2, 0) is 16.1 Å². The molecule has 0 radical (unpaired) electrons. The van der Waals surface area contributed by atoms with Gasteiger partial charge in [-0.15, -0.1) is 0 Å². The number of benzene rings is 2. The van der Waals surface area contributed by atoms with Gasteiger partial charge in [-0.25, -0.2) is 0 Å². The van der Waals surface area contributed by atoms with Crippen LogP contribution in [0.3, 0.4) is 0 Å². The van der Waals surface area contributed by atoms with E-state index in [9.17, 15) is 4.79 Å². The SMILES string of the molecule is CCCC(C(=O)OCc1cccc(Oc2ccccc2)c1)C(C)C. The highest BCUT2D eigenvalue weighted by molar-refractivity contribution is 5.72. The third-order valence-electron chi connectivity index (χ3n) is 3.97. The number of hydrogen-bond donors (Lipinski definition) is 0. The van der Waals surface area contributed by atoms with Crippen molar-refractivity contribution in [1.82, 2.24) is 0 Å². The minimum absolute atomic E-state index is 0.0289. The molecular weight excluding hydrogens is 300 g/mol. The van der Waals surface area contributed by atoms with Gasteiger partial charge in [-0.05, 0) is 42.2 Å². The molecule has 0 heterocycles. The first-order valence-electron chi connectivity index (χ1n) is 8.58. The number of carbonyl (C=O) groups excluding carboxylic acids is 1. The Morgan fingerprint density at radius 1 is 1.00 bits per heavy atom. The summed E-state index contributed by atoms with van der Waals surface area (Å²) < 4.78 is 11.3. The van der Waals surface area contributed by atoms with Crippen LogP contribution >= 0.6 is 0 Å². The minimum Gasteiger partial charge on any atom is -0.461 e. The molecule has 1 atom stereocenters. The quantitative estimate of drug-likeness (QED) is 0.593. The predicted octanol–water partition coefficient (Wildman–Crippen LogP) is 5.59. The van der Waals surface area contributed by atoms with E-state index in [1.807, 2.05) is 54.6 Å². The maximum atomic E-state index is 12.3. The summed E-state index contributed by atoms with van der Waals surface area (Å²) >= 11 is 0. The summed E-state index contributed by atoms with van der Waals surface area (Å²) in [5.41, 5.74) is 0.927. The summed E-state index contributed by atoms with van der Waals surface area (Å²) in [4.78, 5) is 12.3. The van der Waals surface area contributed by atoms with Crippen LogP contribution in [0.1, 0.15) is 39.2 Å². The van der Waals surface area contributed by atoms with Gasteiger partial charge in [0.2, 0.25) is 0 Å². The van der Waals surface area contributed by atoms with Crippen molar-refractivity contribution in [3.8, 4) is 11.5 Å². The van der Waals surface area contributed by atoms with Crippen LogP contribution in [0, 0.1) is 11.8 Å². The lowest BCUT2D eigenvalue weighted by Crippen LogP contribution is -2.22. The molecule has 0 bridgehead atoms. The topological polar surface area (TPSA) is 35.5 Å². The molecule has 0 aliphatic rings. The normalized spacial score (nSPS) is 12.0. The molecule has 0 spiro atoms. The molecule has 0 aliphatic heterocycles. The first-order valence-corrected chi connectivity index (χ1v) is 8.58. The summed E-state index contributed by atoms with van der Waals surface area (Å²) in [5, 5.41) is 0. The van der Waals surface area contributed by atoms with Crippen LogP contribution in [0.4, 0.5) is 0 Å². The van der Waals surface area contributed by atoms with E-state index in [0.717, 1.165) is 29.9 Å². The Balaban J connectivity index is 1.95. The van der Waals surface area contributed by atoms with Crippen LogP contribution in [-0.4, -0.2) is 5.97 Å². The first kappa shape index (κ1) is 18.1. The van der Waals surface area contributed by atoms with Crippen LogP contribution in [0.5, 0.6) is 11.5 Å². The van der Waals surface area contributed by atoms with E-state index in [1.54, 1.807) is 0 Å². The van der Waals surface area contributed by atoms with Crippen LogP contribution in [0.25, 0.3) is 0 Å². The number of para-hydroxylation sites is 1. The van der Waals surface area contributed by atoms with Gasteiger partial charge in [0.25, 0.3) is 0 Å². The van der Waals surface area contributed by atoms with Gasteiger partial charge < -0.3 is 9.47 Å². The second-order valence-electron chi connectivity index (χ2n) is 6.31. The lowest BCUT2D eigenvalue weighted by molar-refractivity contribution is -0.151. The molecule has 0 N–H and O–H groups in total. The van der Waals surface area contributed by atoms with E-state index >= 15 is 0 Å². The van der Waals surface area contributed by atoms with Gasteiger partial charge in [0.1, 0.15) is 18.1 Å². The molecule has 0 fully saturated rings. The van der Waals surface area contributed by atoms with Gasteiger partial charge in [-0.3, -0.25) is 4.79 Å². The predicted molar refractivity (Wildman–Crippen MR) is 96.0 cm³/mol. The van der Waals surface area contributed by atoms with E-state index in [2.05, 4.69) is 20.8 Å². The maximum absolute atomic E-state index is 12.3. The largest absolute Gasteiger partial charge is 0.461 e. The summed E-state index contributed by atoms with van der Waals surface area (Å²) in [6, 6.07) is 17.3. The number of rotatable bonds is 8. The average Bonchev–Trinajstić information content (AvgIpc) is 2.58. The highest BCUT2D eigenvalue weighted by Gasteiger charge is 2.22. The van der Waals surface area contributed by atoms with Crippen LogP contribution in [0.2, 0.25) is 0 Å². The zero-order chi connectivity index (χ0) is 17.4. The standard InChI is InChI=1S/C21H26O3/c1-4-9-20(16(2)3)21(22)23-15-17-10-8-13-19(14-17)24-18-11-6-5-7-12-18/h5-8,10-14,16,20H,4,9,15H2,1-3H3. The van der Waals surface area contributed by atoms with Crippen molar-refractivity contribution >= 4 is 5.97 Å². The second kappa shape index (κ2) is 9.11. The van der Waals surface area contributed by atoms with Crippen LogP contribution < -0.4 is 4.74 Å². The van der Waals surface area contributed by atoms with Gasteiger partial charge in [-0.1, -0.05) is 57.5 Å². The second-order valence-corrected chi connectivity index (χ2v) is 6.31. The Morgan fingerprint density at radius 3 is 2.38 bits per heavy atom. The molecule has 0 amide bonds. The molecule has 128 valence electrons. The smallest absolute Gasteiger partial charge is 0.309 e. The first-order chi connectivity index (χ1) is 11.6. The minimum atomic E-state index is -0.110. The van der Waals surface area contributed by atoms with E-state index in [1.165, 1.54) is 0 Å². The van der Waals surface area contributed by atoms with Crippen molar-refractivity contribution in [2.24, 2.45) is 11.8 Å². The Labute approximate surface area is 144 Å². The molecule has 2 aromatic carbocycles. The summed E-state index contributed by atoms with van der Waals surface area (Å²) in [6.45, 7) is 6.50. The lowest BCUT2D eigenvalue weighted by Gasteiger charge is -2.18. The molecule has 0 aromatic heterocycles. The highest BCUT2D eigenvalue weighted by atomic mass is 16.5. The Hall–Kier alpha value is -2.29. The fraction of sp³-hybridized carbons (Fsp3) is 0.381. The molecule has 0 saturated carbocycles. The van der Waals surface area contributed by atoms with Crippen molar-refractivity contribution in [1.29, 1.82) is 0 Å². The Kier molecular flexibility index (Phi) is 6.86. The highest BCUT2D eigenvalue weighted by Crippen LogP contribution is 2.23. The Bertz CT molecular complexity index is 635. The molecule has 0 saturated heterocycles. The number of hydrogen-bond acceptors (Lipinski definition) is 3. The number of esters is 1. The van der Waals surface area contributed by atoms with Gasteiger partial charge in [0.05, 0.1) is 5.92 Å². The summed E-state index contributed by atoms with van der Waals surface area (Å²) in [7, 11) is 0. The van der Waals surface area contributed by atoms with E-state index in [0.29, 0.717) is 5.92 Å². The number of carbonyl (C=O) groups is 1. The monoisotopic (exact) mass is 326 g/mol. The van der Waals surface area contributed by atoms with Crippen molar-refractivity contribution < 1.29 is 14.3 Å². The van der Waals surface area contributed by atoms with Crippen molar-refractivity contribution in [3.63, 3.8) is 0 Å². The van der Waals surface area contributed by atoms with Gasteiger partial charge in [0.15, 0.2) is 0 Å². The molecule has 3 heteroatoms. The maximum Gasteiger partial charge on any atom is 0.309 e. The van der Waals surface area contributed by atoms with Crippen LogP contribution in [0.15, 0.2) is 54.6 Å². The third kappa shape index (κ3) is 5.41. The van der Waals surface area contributed by atoms with Crippen molar-refractivity contribution in [2.75, 3.05) is 0 Å².